The van der Waals surface area contributed by atoms with Gasteiger partial charge in [-0.3, -0.25) is 4.79 Å². The molecule has 0 saturated carbocycles. The van der Waals surface area contributed by atoms with E-state index in [9.17, 15) is 18.0 Å². The van der Waals surface area contributed by atoms with Gasteiger partial charge in [-0.15, -0.1) is 6.58 Å². The molecule has 3 aromatic carbocycles. The molecule has 0 saturated heterocycles. The van der Waals surface area contributed by atoms with Crippen molar-refractivity contribution in [1.82, 2.24) is 0 Å². The van der Waals surface area contributed by atoms with E-state index in [2.05, 4.69) is 56.5 Å². The second-order valence-corrected chi connectivity index (χ2v) is 9.80. The number of aryl methyl sites for hydroxylation is 2. The quantitative estimate of drug-likeness (QED) is 0.225. The Labute approximate surface area is 218 Å². The highest BCUT2D eigenvalue weighted by molar-refractivity contribution is 5.81. The molecule has 4 heteroatoms. The van der Waals surface area contributed by atoms with Crippen LogP contribution in [0.25, 0.3) is 5.57 Å². The lowest BCUT2D eigenvalue weighted by atomic mass is 9.93. The smallest absolute Gasteiger partial charge is 0.299 e. The molecule has 1 nitrogen and oxygen atoms in total. The maximum atomic E-state index is 13.3. The maximum absolute atomic E-state index is 13.3. The second-order valence-electron chi connectivity index (χ2n) is 9.80. The molecule has 0 spiro atoms. The largest absolute Gasteiger partial charge is 0.416 e. The van der Waals surface area contributed by atoms with Gasteiger partial charge in [0.1, 0.15) is 5.78 Å². The van der Waals surface area contributed by atoms with Crippen molar-refractivity contribution in [1.29, 1.82) is 0 Å². The van der Waals surface area contributed by atoms with E-state index in [1.807, 2.05) is 19.1 Å². The Morgan fingerprint density at radius 2 is 1.51 bits per heavy atom. The second kappa shape index (κ2) is 12.7. The third kappa shape index (κ3) is 8.59. The number of hydrogen-bond acceptors (Lipinski definition) is 1. The van der Waals surface area contributed by atoms with E-state index in [1.165, 1.54) is 22.8 Å². The molecular weight excluding hydrogens is 469 g/mol. The van der Waals surface area contributed by atoms with Crippen molar-refractivity contribution in [2.45, 2.75) is 65.0 Å². The van der Waals surface area contributed by atoms with Crippen LogP contribution in [0.1, 0.15) is 72.1 Å². The molecule has 0 atom stereocenters. The minimum absolute atomic E-state index is 0.00686. The van der Waals surface area contributed by atoms with Crippen molar-refractivity contribution in [2.24, 2.45) is 0 Å². The van der Waals surface area contributed by atoms with Gasteiger partial charge in [-0.05, 0) is 90.1 Å². The molecule has 194 valence electrons. The average molecular weight is 505 g/mol. The molecule has 0 aliphatic rings. The molecular formula is C33H35F3O. The number of benzene rings is 3. The lowest BCUT2D eigenvalue weighted by molar-refractivity contribution is -0.137. The standard InChI is InChI=1S/C33H35F3O/c1-5-24(4)29-8-6-7-27(20-29)19-26-12-10-25(11-13-26)14-18-32(37)22-30-21-31(33(34,35)36)17-16-28(30)15-9-23(2)3/h6-8,10-13,16-17,20-21H,2,4-5,9,14-15,18-19,22H2,1,3H3. The summed E-state index contributed by atoms with van der Waals surface area (Å²) in [5, 5.41) is 0. The van der Waals surface area contributed by atoms with Gasteiger partial charge in [-0.1, -0.05) is 73.7 Å². The molecule has 0 fully saturated rings. The number of ketones is 1. The Kier molecular flexibility index (Phi) is 9.68. The normalized spacial score (nSPS) is 11.4. The molecule has 0 N–H and O–H groups in total. The lowest BCUT2D eigenvalue weighted by Gasteiger charge is -2.14. The van der Waals surface area contributed by atoms with Crippen LogP contribution in [0.5, 0.6) is 0 Å². The highest BCUT2D eigenvalue weighted by Crippen LogP contribution is 2.31. The van der Waals surface area contributed by atoms with Crippen molar-refractivity contribution in [3.05, 3.63) is 124 Å². The average Bonchev–Trinajstić information content (AvgIpc) is 2.86. The van der Waals surface area contributed by atoms with Gasteiger partial charge >= 0.3 is 6.18 Å². The molecule has 3 aromatic rings. The molecule has 0 unspecified atom stereocenters. The van der Waals surface area contributed by atoms with Crippen molar-refractivity contribution in [3.63, 3.8) is 0 Å². The van der Waals surface area contributed by atoms with Gasteiger partial charge in [0.15, 0.2) is 0 Å². The van der Waals surface area contributed by atoms with Crippen LogP contribution >= 0.6 is 0 Å². The summed E-state index contributed by atoms with van der Waals surface area (Å²) >= 11 is 0. The number of halogens is 3. The summed E-state index contributed by atoms with van der Waals surface area (Å²) in [7, 11) is 0. The van der Waals surface area contributed by atoms with Gasteiger partial charge in [-0.2, -0.15) is 13.2 Å². The van der Waals surface area contributed by atoms with Crippen LogP contribution in [0.4, 0.5) is 13.2 Å². The third-order valence-corrected chi connectivity index (χ3v) is 6.63. The number of alkyl halides is 3. The number of hydrogen-bond donors (Lipinski definition) is 0. The lowest BCUT2D eigenvalue weighted by Crippen LogP contribution is -2.11. The van der Waals surface area contributed by atoms with Gasteiger partial charge in [0.2, 0.25) is 0 Å². The fourth-order valence-electron chi connectivity index (χ4n) is 4.31. The van der Waals surface area contributed by atoms with Crippen LogP contribution in [-0.4, -0.2) is 5.78 Å². The van der Waals surface area contributed by atoms with Gasteiger partial charge < -0.3 is 0 Å². The molecule has 37 heavy (non-hydrogen) atoms. The van der Waals surface area contributed by atoms with E-state index in [0.29, 0.717) is 24.8 Å². The highest BCUT2D eigenvalue weighted by atomic mass is 19.4. The van der Waals surface area contributed by atoms with E-state index in [1.54, 1.807) is 0 Å². The molecule has 0 bridgehead atoms. The summed E-state index contributed by atoms with van der Waals surface area (Å²) in [6.07, 6.45) is -0.594. The highest BCUT2D eigenvalue weighted by Gasteiger charge is 2.31. The number of carbonyl (C=O) groups is 1. The predicted molar refractivity (Wildman–Crippen MR) is 147 cm³/mol. The first kappa shape index (κ1) is 28.2. The monoisotopic (exact) mass is 504 g/mol. The Morgan fingerprint density at radius 1 is 0.811 bits per heavy atom. The number of rotatable bonds is 12. The summed E-state index contributed by atoms with van der Waals surface area (Å²) in [5.41, 5.74) is 7.21. The van der Waals surface area contributed by atoms with E-state index in [0.717, 1.165) is 47.2 Å². The summed E-state index contributed by atoms with van der Waals surface area (Å²) in [5.74, 6) is -0.0621. The van der Waals surface area contributed by atoms with Crippen LogP contribution in [-0.2, 0) is 36.7 Å². The molecule has 0 aliphatic heterocycles. The van der Waals surface area contributed by atoms with Crippen LogP contribution < -0.4 is 0 Å². The Morgan fingerprint density at radius 3 is 2.16 bits per heavy atom. The van der Waals surface area contributed by atoms with Crippen LogP contribution in [0, 0.1) is 0 Å². The number of carbonyl (C=O) groups excluding carboxylic acids is 1. The minimum Gasteiger partial charge on any atom is -0.299 e. The fourth-order valence-corrected chi connectivity index (χ4v) is 4.31. The minimum atomic E-state index is -4.43. The van der Waals surface area contributed by atoms with E-state index in [4.69, 9.17) is 0 Å². The first-order valence-corrected chi connectivity index (χ1v) is 12.7. The van der Waals surface area contributed by atoms with Crippen molar-refractivity contribution < 1.29 is 18.0 Å². The number of allylic oxidation sites excluding steroid dienone is 2. The molecule has 3 rings (SSSR count). The molecule has 0 radical (unpaired) electrons. The molecule has 0 aromatic heterocycles. The topological polar surface area (TPSA) is 17.1 Å². The Balaban J connectivity index is 1.61. The first-order chi connectivity index (χ1) is 17.5. The van der Waals surface area contributed by atoms with Crippen LogP contribution in [0.3, 0.4) is 0 Å². The zero-order chi connectivity index (χ0) is 27.0. The van der Waals surface area contributed by atoms with Gasteiger partial charge in [-0.25, -0.2) is 0 Å². The van der Waals surface area contributed by atoms with Crippen molar-refractivity contribution in [2.75, 3.05) is 0 Å². The Hall–Kier alpha value is -3.40. The molecule has 0 amide bonds. The van der Waals surface area contributed by atoms with Gasteiger partial charge in [0.25, 0.3) is 0 Å². The summed E-state index contributed by atoms with van der Waals surface area (Å²) in [6.45, 7) is 12.0. The van der Waals surface area contributed by atoms with Gasteiger partial charge in [0.05, 0.1) is 5.56 Å². The zero-order valence-corrected chi connectivity index (χ0v) is 21.8. The van der Waals surface area contributed by atoms with Crippen LogP contribution in [0.2, 0.25) is 0 Å². The van der Waals surface area contributed by atoms with E-state index in [-0.39, 0.29) is 18.6 Å². The van der Waals surface area contributed by atoms with Crippen molar-refractivity contribution >= 4 is 11.4 Å². The van der Waals surface area contributed by atoms with Gasteiger partial charge in [0, 0.05) is 12.8 Å². The zero-order valence-electron chi connectivity index (χ0n) is 21.8. The number of Topliss-reactive ketones (excluding diaryl/α,β-unsaturated/α-hetero) is 1. The summed E-state index contributed by atoms with van der Waals surface area (Å²) in [6, 6.07) is 20.4. The van der Waals surface area contributed by atoms with E-state index >= 15 is 0 Å². The van der Waals surface area contributed by atoms with Crippen molar-refractivity contribution in [3.8, 4) is 0 Å². The third-order valence-electron chi connectivity index (χ3n) is 6.63. The molecule has 0 aliphatic carbocycles. The first-order valence-electron chi connectivity index (χ1n) is 12.7. The SMILES string of the molecule is C=C(C)CCc1ccc(C(F)(F)F)cc1CC(=O)CCc1ccc(Cc2cccc(C(=C)CC)c2)cc1. The van der Waals surface area contributed by atoms with Crippen LogP contribution in [0.15, 0.2) is 85.5 Å². The summed E-state index contributed by atoms with van der Waals surface area (Å²) in [4.78, 5) is 12.8. The fraction of sp³-hybridized carbons (Fsp3) is 0.303. The summed E-state index contributed by atoms with van der Waals surface area (Å²) < 4.78 is 39.8. The van der Waals surface area contributed by atoms with E-state index < -0.39 is 11.7 Å². The predicted octanol–water partition coefficient (Wildman–Crippen LogP) is 8.97. The molecule has 0 heterocycles. The Bertz CT molecular complexity index is 1250. The maximum Gasteiger partial charge on any atom is 0.416 e.